The Kier molecular flexibility index (Phi) is 4.08. The highest BCUT2D eigenvalue weighted by atomic mass is 32.1. The molecule has 0 bridgehead atoms. The van der Waals surface area contributed by atoms with Crippen molar-refractivity contribution in [3.63, 3.8) is 0 Å². The van der Waals surface area contributed by atoms with Crippen molar-refractivity contribution in [1.82, 2.24) is 15.2 Å². The van der Waals surface area contributed by atoms with Crippen LogP contribution < -0.4 is 5.32 Å². The Hall–Kier alpha value is -1.82. The standard InChI is InChI=1S/C18H23N3O2S/c1-11-7-16(11)17-6-5-15(23-17)9-21(14-3-4-14)18(22)19-8-13-10-24-12(2)20-13/h5-6,10-11,14,16H,3-4,7-9H2,1-2H3,(H,19,22)/t11-,16-/m0/s1. The van der Waals surface area contributed by atoms with Gasteiger partial charge in [-0.3, -0.25) is 0 Å². The zero-order chi connectivity index (χ0) is 16.7. The first kappa shape index (κ1) is 15.7. The van der Waals surface area contributed by atoms with Crippen LogP contribution in [-0.4, -0.2) is 22.0 Å². The Labute approximate surface area is 146 Å². The third-order valence-corrected chi connectivity index (χ3v) is 5.64. The summed E-state index contributed by atoms with van der Waals surface area (Å²) >= 11 is 1.61. The largest absolute Gasteiger partial charge is 0.464 e. The van der Waals surface area contributed by atoms with Crippen LogP contribution in [0.2, 0.25) is 0 Å². The van der Waals surface area contributed by atoms with E-state index in [4.69, 9.17) is 4.42 Å². The van der Waals surface area contributed by atoms with Crippen LogP contribution in [0.4, 0.5) is 4.79 Å². The number of amides is 2. The van der Waals surface area contributed by atoms with Gasteiger partial charge in [0.05, 0.1) is 23.8 Å². The van der Waals surface area contributed by atoms with E-state index < -0.39 is 0 Å². The molecule has 2 aromatic rings. The molecule has 2 atom stereocenters. The minimum absolute atomic E-state index is 0.0270. The summed E-state index contributed by atoms with van der Waals surface area (Å²) in [5, 5.41) is 6.01. The van der Waals surface area contributed by atoms with Crippen LogP contribution in [0.5, 0.6) is 0 Å². The van der Waals surface area contributed by atoms with Gasteiger partial charge in [0.1, 0.15) is 11.5 Å². The first-order chi connectivity index (χ1) is 11.6. The number of hydrogen-bond acceptors (Lipinski definition) is 4. The SMILES string of the molecule is Cc1nc(CNC(=O)N(Cc2ccc([C@H]3C[C@@H]3C)o2)C2CC2)cs1. The van der Waals surface area contributed by atoms with Crippen molar-refractivity contribution in [1.29, 1.82) is 0 Å². The minimum atomic E-state index is -0.0270. The van der Waals surface area contributed by atoms with Crippen molar-refractivity contribution in [3.8, 4) is 0 Å². The molecule has 0 aromatic carbocycles. The molecule has 2 heterocycles. The summed E-state index contributed by atoms with van der Waals surface area (Å²) in [6.07, 6.45) is 3.37. The lowest BCUT2D eigenvalue weighted by molar-refractivity contribution is 0.186. The summed E-state index contributed by atoms with van der Waals surface area (Å²) in [6.45, 7) is 5.25. The van der Waals surface area contributed by atoms with Crippen LogP contribution in [-0.2, 0) is 13.1 Å². The van der Waals surface area contributed by atoms with E-state index in [2.05, 4.69) is 23.3 Å². The number of urea groups is 1. The molecule has 0 unspecified atom stereocenters. The number of rotatable bonds is 6. The highest BCUT2D eigenvalue weighted by Crippen LogP contribution is 2.47. The number of furan rings is 1. The summed E-state index contributed by atoms with van der Waals surface area (Å²) in [7, 11) is 0. The number of nitrogens with one attached hydrogen (secondary N) is 1. The maximum Gasteiger partial charge on any atom is 0.318 e. The average molecular weight is 345 g/mol. The first-order valence-corrected chi connectivity index (χ1v) is 9.52. The Morgan fingerprint density at radius 2 is 2.25 bits per heavy atom. The predicted molar refractivity (Wildman–Crippen MR) is 92.9 cm³/mol. The number of nitrogens with zero attached hydrogens (tertiary/aromatic N) is 2. The van der Waals surface area contributed by atoms with E-state index in [1.807, 2.05) is 23.3 Å². The summed E-state index contributed by atoms with van der Waals surface area (Å²) in [6, 6.07) is 4.41. The normalized spacial score (nSPS) is 22.4. The molecule has 0 saturated heterocycles. The number of aryl methyl sites for hydroxylation is 1. The lowest BCUT2D eigenvalue weighted by Gasteiger charge is -2.21. The third kappa shape index (κ3) is 3.48. The smallest absolute Gasteiger partial charge is 0.318 e. The first-order valence-electron chi connectivity index (χ1n) is 8.64. The molecule has 0 radical (unpaired) electrons. The zero-order valence-electron chi connectivity index (χ0n) is 14.1. The monoisotopic (exact) mass is 345 g/mol. The molecule has 0 spiro atoms. The zero-order valence-corrected chi connectivity index (χ0v) is 14.9. The second-order valence-corrected chi connectivity index (χ2v) is 8.06. The fraction of sp³-hybridized carbons (Fsp3) is 0.556. The molecule has 6 heteroatoms. The van der Waals surface area contributed by atoms with E-state index in [0.717, 1.165) is 41.0 Å². The Bertz CT molecular complexity index is 734. The van der Waals surface area contributed by atoms with Crippen molar-refractivity contribution < 1.29 is 9.21 Å². The molecule has 24 heavy (non-hydrogen) atoms. The molecule has 128 valence electrons. The number of thiazole rings is 1. The number of carbonyl (C=O) groups is 1. The van der Waals surface area contributed by atoms with Crippen molar-refractivity contribution in [2.24, 2.45) is 5.92 Å². The molecule has 2 amide bonds. The lowest BCUT2D eigenvalue weighted by Crippen LogP contribution is -2.40. The summed E-state index contributed by atoms with van der Waals surface area (Å²) in [5.41, 5.74) is 0.921. The summed E-state index contributed by atoms with van der Waals surface area (Å²) in [4.78, 5) is 18.9. The summed E-state index contributed by atoms with van der Waals surface area (Å²) < 4.78 is 5.97. The molecule has 2 aromatic heterocycles. The fourth-order valence-electron chi connectivity index (χ4n) is 3.08. The second kappa shape index (κ2) is 6.24. The van der Waals surface area contributed by atoms with Crippen molar-refractivity contribution in [2.75, 3.05) is 0 Å². The van der Waals surface area contributed by atoms with Gasteiger partial charge in [0.15, 0.2) is 0 Å². The van der Waals surface area contributed by atoms with E-state index in [9.17, 15) is 4.79 Å². The Morgan fingerprint density at radius 1 is 1.46 bits per heavy atom. The van der Waals surface area contributed by atoms with Gasteiger partial charge in [0.2, 0.25) is 0 Å². The van der Waals surface area contributed by atoms with Gasteiger partial charge in [-0.25, -0.2) is 9.78 Å². The van der Waals surface area contributed by atoms with Crippen LogP contribution in [0, 0.1) is 12.8 Å². The highest BCUT2D eigenvalue weighted by Gasteiger charge is 2.37. The molecule has 2 aliphatic rings. The van der Waals surface area contributed by atoms with Crippen LogP contribution in [0.1, 0.15) is 54.3 Å². The Morgan fingerprint density at radius 3 is 2.88 bits per heavy atom. The highest BCUT2D eigenvalue weighted by molar-refractivity contribution is 7.09. The van der Waals surface area contributed by atoms with E-state index in [1.165, 1.54) is 6.42 Å². The van der Waals surface area contributed by atoms with E-state index >= 15 is 0 Å². The molecule has 1 N–H and O–H groups in total. The van der Waals surface area contributed by atoms with Gasteiger partial charge >= 0.3 is 6.03 Å². The van der Waals surface area contributed by atoms with Crippen molar-refractivity contribution in [3.05, 3.63) is 39.7 Å². The van der Waals surface area contributed by atoms with Gasteiger partial charge in [0, 0.05) is 17.3 Å². The topological polar surface area (TPSA) is 58.4 Å². The third-order valence-electron chi connectivity index (χ3n) is 4.82. The second-order valence-electron chi connectivity index (χ2n) is 7.00. The molecular weight excluding hydrogens is 322 g/mol. The van der Waals surface area contributed by atoms with Gasteiger partial charge in [-0.1, -0.05) is 6.92 Å². The maximum atomic E-state index is 12.6. The van der Waals surface area contributed by atoms with E-state index in [-0.39, 0.29) is 6.03 Å². The molecule has 2 saturated carbocycles. The fourth-order valence-corrected chi connectivity index (χ4v) is 3.69. The van der Waals surface area contributed by atoms with Crippen LogP contribution in [0.3, 0.4) is 0 Å². The van der Waals surface area contributed by atoms with Crippen molar-refractivity contribution in [2.45, 2.75) is 58.2 Å². The van der Waals surface area contributed by atoms with Gasteiger partial charge in [-0.05, 0) is 44.2 Å². The van der Waals surface area contributed by atoms with Crippen LogP contribution in [0.25, 0.3) is 0 Å². The van der Waals surface area contributed by atoms with E-state index in [0.29, 0.717) is 25.0 Å². The number of carbonyl (C=O) groups excluding carboxylic acids is 1. The van der Waals surface area contributed by atoms with E-state index in [1.54, 1.807) is 11.3 Å². The van der Waals surface area contributed by atoms with Crippen LogP contribution >= 0.6 is 11.3 Å². The molecule has 2 aliphatic carbocycles. The number of aromatic nitrogens is 1. The number of hydrogen-bond donors (Lipinski definition) is 1. The lowest BCUT2D eigenvalue weighted by atomic mass is 10.3. The Balaban J connectivity index is 1.36. The molecule has 2 fully saturated rings. The maximum absolute atomic E-state index is 12.6. The quantitative estimate of drug-likeness (QED) is 0.859. The molecular formula is C18H23N3O2S. The molecule has 0 aliphatic heterocycles. The minimum Gasteiger partial charge on any atom is -0.464 e. The van der Waals surface area contributed by atoms with Gasteiger partial charge in [-0.2, -0.15) is 0 Å². The van der Waals surface area contributed by atoms with Gasteiger partial charge < -0.3 is 14.6 Å². The van der Waals surface area contributed by atoms with Gasteiger partial charge in [0.25, 0.3) is 0 Å². The average Bonchev–Trinajstić information content (AvgIpc) is 3.44. The van der Waals surface area contributed by atoms with Crippen molar-refractivity contribution >= 4 is 17.4 Å². The van der Waals surface area contributed by atoms with Crippen LogP contribution in [0.15, 0.2) is 21.9 Å². The van der Waals surface area contributed by atoms with Gasteiger partial charge in [-0.15, -0.1) is 11.3 Å². The molecule has 4 rings (SSSR count). The summed E-state index contributed by atoms with van der Waals surface area (Å²) in [5.74, 6) is 3.27. The predicted octanol–water partition coefficient (Wildman–Crippen LogP) is 4.04. The molecule has 5 nitrogen and oxygen atoms in total.